The van der Waals surface area contributed by atoms with Gasteiger partial charge in [-0.15, -0.1) is 0 Å². The van der Waals surface area contributed by atoms with Crippen molar-refractivity contribution in [2.75, 3.05) is 0 Å². The molecule has 0 bridgehead atoms. The number of imidazole rings is 1. The Morgan fingerprint density at radius 2 is 2.12 bits per heavy atom. The first-order valence-corrected chi connectivity index (χ1v) is 5.46. The van der Waals surface area contributed by atoms with Crippen molar-refractivity contribution < 1.29 is 9.50 Å². The zero-order chi connectivity index (χ0) is 12.1. The van der Waals surface area contributed by atoms with Gasteiger partial charge in [0, 0.05) is 12.6 Å². The fourth-order valence-electron chi connectivity index (χ4n) is 1.47. The largest absolute Gasteiger partial charge is 0.393 e. The highest BCUT2D eigenvalue weighted by Crippen LogP contribution is 2.12. The van der Waals surface area contributed by atoms with Gasteiger partial charge < -0.3 is 9.51 Å². The molecular formula is C12H17FN2O. The van der Waals surface area contributed by atoms with Crippen molar-refractivity contribution in [1.82, 2.24) is 9.38 Å². The molecule has 16 heavy (non-hydrogen) atoms. The Morgan fingerprint density at radius 3 is 2.75 bits per heavy atom. The van der Waals surface area contributed by atoms with Crippen molar-refractivity contribution in [3.8, 4) is 0 Å². The van der Waals surface area contributed by atoms with Crippen LogP contribution < -0.4 is 0 Å². The molecule has 2 aromatic heterocycles. The van der Waals surface area contributed by atoms with Crippen LogP contribution in [0, 0.1) is 5.82 Å². The van der Waals surface area contributed by atoms with Gasteiger partial charge in [-0.1, -0.05) is 13.8 Å². The number of fused-ring (bicyclic) bond motifs is 1. The van der Waals surface area contributed by atoms with E-state index >= 15 is 0 Å². The zero-order valence-electron chi connectivity index (χ0n) is 9.81. The minimum absolute atomic E-state index is 0.293. The van der Waals surface area contributed by atoms with Crippen molar-refractivity contribution in [3.63, 3.8) is 0 Å². The van der Waals surface area contributed by atoms with Crippen LogP contribution in [0.5, 0.6) is 0 Å². The molecule has 1 N–H and O–H groups in total. The fraction of sp³-hybridized carbons (Fsp3) is 0.417. The van der Waals surface area contributed by atoms with E-state index in [-0.39, 0.29) is 5.82 Å². The minimum Gasteiger partial charge on any atom is -0.393 e. The lowest BCUT2D eigenvalue weighted by molar-refractivity contribution is 0.195. The van der Waals surface area contributed by atoms with E-state index in [1.54, 1.807) is 23.7 Å². The molecule has 0 aliphatic rings. The van der Waals surface area contributed by atoms with E-state index in [1.807, 2.05) is 13.8 Å². The normalized spacial score (nSPS) is 12.1. The number of halogens is 1. The number of rotatable bonds is 2. The number of aromatic nitrogens is 2. The first-order valence-electron chi connectivity index (χ1n) is 5.46. The van der Waals surface area contributed by atoms with Gasteiger partial charge in [-0.3, -0.25) is 0 Å². The van der Waals surface area contributed by atoms with Crippen molar-refractivity contribution in [2.24, 2.45) is 0 Å². The van der Waals surface area contributed by atoms with Crippen molar-refractivity contribution in [2.45, 2.75) is 33.3 Å². The van der Waals surface area contributed by atoms with E-state index in [4.69, 9.17) is 0 Å². The maximum absolute atomic E-state index is 12.8. The molecule has 3 nitrogen and oxygen atoms in total. The third-order valence-corrected chi connectivity index (χ3v) is 2.06. The summed E-state index contributed by atoms with van der Waals surface area (Å²) in [5.41, 5.74) is 1.63. The maximum atomic E-state index is 12.8. The Kier molecular flexibility index (Phi) is 4.43. The van der Waals surface area contributed by atoms with Gasteiger partial charge in [-0.25, -0.2) is 9.37 Å². The Balaban J connectivity index is 0.000000606. The second kappa shape index (κ2) is 5.61. The van der Waals surface area contributed by atoms with E-state index in [2.05, 4.69) is 4.98 Å². The second-order valence-corrected chi connectivity index (χ2v) is 3.38. The van der Waals surface area contributed by atoms with Crippen LogP contribution in [-0.4, -0.2) is 20.6 Å². The smallest absolute Gasteiger partial charge is 0.139 e. The van der Waals surface area contributed by atoms with Crippen LogP contribution in [0.15, 0.2) is 24.7 Å². The summed E-state index contributed by atoms with van der Waals surface area (Å²) in [6.45, 7) is 5.70. The van der Waals surface area contributed by atoms with Crippen LogP contribution in [0.2, 0.25) is 0 Å². The molecule has 0 amide bonds. The summed E-state index contributed by atoms with van der Waals surface area (Å²) in [6.07, 6.45) is 2.98. The van der Waals surface area contributed by atoms with E-state index < -0.39 is 6.10 Å². The highest BCUT2D eigenvalue weighted by atomic mass is 19.1. The number of hydrogen-bond donors (Lipinski definition) is 1. The lowest BCUT2D eigenvalue weighted by Gasteiger charge is -2.01. The van der Waals surface area contributed by atoms with Crippen LogP contribution in [0.1, 0.15) is 26.5 Å². The SMILES string of the molecule is CC.CC(O)Cc1ncn2cc(F)ccc12. The van der Waals surface area contributed by atoms with Gasteiger partial charge in [0.25, 0.3) is 0 Å². The van der Waals surface area contributed by atoms with E-state index in [1.165, 1.54) is 12.3 Å². The van der Waals surface area contributed by atoms with Gasteiger partial charge in [0.05, 0.1) is 23.6 Å². The quantitative estimate of drug-likeness (QED) is 0.850. The molecule has 0 saturated heterocycles. The summed E-state index contributed by atoms with van der Waals surface area (Å²) < 4.78 is 14.4. The Hall–Kier alpha value is -1.42. The minimum atomic E-state index is -0.432. The van der Waals surface area contributed by atoms with Gasteiger partial charge >= 0.3 is 0 Å². The lowest BCUT2D eigenvalue weighted by Crippen LogP contribution is -2.04. The number of aliphatic hydroxyl groups is 1. The third-order valence-electron chi connectivity index (χ3n) is 2.06. The second-order valence-electron chi connectivity index (χ2n) is 3.38. The monoisotopic (exact) mass is 224 g/mol. The molecule has 1 atom stereocenters. The molecule has 0 saturated carbocycles. The molecular weight excluding hydrogens is 207 g/mol. The van der Waals surface area contributed by atoms with E-state index in [9.17, 15) is 9.50 Å². The van der Waals surface area contributed by atoms with Gasteiger partial charge in [-0.2, -0.15) is 0 Å². The summed E-state index contributed by atoms with van der Waals surface area (Å²) in [7, 11) is 0. The highest BCUT2D eigenvalue weighted by Gasteiger charge is 2.07. The standard InChI is InChI=1S/C10H11FN2O.C2H6/c1-7(14)4-9-10-3-2-8(11)5-13(10)6-12-9;1-2/h2-3,5-7,14H,4H2,1H3;1-2H3. The van der Waals surface area contributed by atoms with E-state index in [0.29, 0.717) is 6.42 Å². The predicted octanol–water partition coefficient (Wildman–Crippen LogP) is 2.42. The van der Waals surface area contributed by atoms with Crippen LogP contribution in [0.3, 0.4) is 0 Å². The molecule has 0 aliphatic heterocycles. The van der Waals surface area contributed by atoms with Crippen LogP contribution in [0.25, 0.3) is 5.52 Å². The van der Waals surface area contributed by atoms with E-state index in [0.717, 1.165) is 11.2 Å². The number of hydrogen-bond acceptors (Lipinski definition) is 2. The molecule has 2 heterocycles. The molecule has 0 spiro atoms. The summed E-state index contributed by atoms with van der Waals surface area (Å²) in [4.78, 5) is 4.11. The summed E-state index contributed by atoms with van der Waals surface area (Å²) in [6, 6.07) is 3.06. The molecule has 2 aromatic rings. The molecule has 0 radical (unpaired) electrons. The summed E-state index contributed by atoms with van der Waals surface area (Å²) in [5.74, 6) is -0.293. The van der Waals surface area contributed by atoms with Gasteiger partial charge in [0.1, 0.15) is 5.82 Å². The Morgan fingerprint density at radius 1 is 1.44 bits per heavy atom. The maximum Gasteiger partial charge on any atom is 0.139 e. The average Bonchev–Trinajstić information content (AvgIpc) is 2.63. The first-order chi connectivity index (χ1) is 7.66. The van der Waals surface area contributed by atoms with Gasteiger partial charge in [0.2, 0.25) is 0 Å². The van der Waals surface area contributed by atoms with Crippen molar-refractivity contribution in [3.05, 3.63) is 36.2 Å². The zero-order valence-corrected chi connectivity index (χ0v) is 9.81. The van der Waals surface area contributed by atoms with Crippen molar-refractivity contribution in [1.29, 1.82) is 0 Å². The topological polar surface area (TPSA) is 37.5 Å². The van der Waals surface area contributed by atoms with Crippen LogP contribution in [-0.2, 0) is 6.42 Å². The fourth-order valence-corrected chi connectivity index (χ4v) is 1.47. The molecule has 4 heteroatoms. The molecule has 0 aromatic carbocycles. The van der Waals surface area contributed by atoms with Gasteiger partial charge in [-0.05, 0) is 19.1 Å². The Labute approximate surface area is 94.6 Å². The van der Waals surface area contributed by atoms with Crippen LogP contribution >= 0.6 is 0 Å². The number of nitrogens with zero attached hydrogens (tertiary/aromatic N) is 2. The van der Waals surface area contributed by atoms with Gasteiger partial charge in [0.15, 0.2) is 0 Å². The Bertz CT molecular complexity index is 451. The number of pyridine rings is 1. The molecule has 88 valence electrons. The number of aliphatic hydroxyl groups excluding tert-OH is 1. The lowest BCUT2D eigenvalue weighted by atomic mass is 10.2. The first kappa shape index (κ1) is 12.6. The average molecular weight is 224 g/mol. The third kappa shape index (κ3) is 2.79. The highest BCUT2D eigenvalue weighted by molar-refractivity contribution is 5.51. The van der Waals surface area contributed by atoms with Crippen LogP contribution in [0.4, 0.5) is 4.39 Å². The molecule has 0 aliphatic carbocycles. The summed E-state index contributed by atoms with van der Waals surface area (Å²) >= 11 is 0. The summed E-state index contributed by atoms with van der Waals surface area (Å²) in [5, 5.41) is 9.21. The molecule has 2 rings (SSSR count). The predicted molar refractivity (Wildman–Crippen MR) is 61.9 cm³/mol. The molecule has 1 unspecified atom stereocenters. The molecule has 0 fully saturated rings. The van der Waals surface area contributed by atoms with Crippen molar-refractivity contribution >= 4 is 5.52 Å².